The van der Waals surface area contributed by atoms with E-state index in [1.165, 1.54) is 30.9 Å². The lowest BCUT2D eigenvalue weighted by atomic mass is 10.0. The normalized spacial score (nSPS) is 20.6. The molecule has 45 heavy (non-hydrogen) atoms. The van der Waals surface area contributed by atoms with E-state index in [2.05, 4.69) is 4.98 Å². The molecular weight excluding hydrogens is 619 g/mol. The summed E-state index contributed by atoms with van der Waals surface area (Å²) in [5.74, 6) is -2.35. The molecule has 0 spiro atoms. The molecule has 0 aliphatic carbocycles. The number of halogens is 3. The van der Waals surface area contributed by atoms with Crippen LogP contribution in [0, 0.1) is 12.7 Å². The lowest BCUT2D eigenvalue weighted by Crippen LogP contribution is -2.52. The maximum atomic E-state index is 14.7. The Hall–Kier alpha value is -3.95. The molecule has 1 N–H and O–H groups in total. The van der Waals surface area contributed by atoms with Crippen LogP contribution in [0.15, 0.2) is 44.7 Å². The van der Waals surface area contributed by atoms with Crippen molar-refractivity contribution in [3.63, 3.8) is 0 Å². The van der Waals surface area contributed by atoms with Crippen molar-refractivity contribution in [2.75, 3.05) is 0 Å². The van der Waals surface area contributed by atoms with Gasteiger partial charge in [-0.2, -0.15) is 8.78 Å². The first-order valence-corrected chi connectivity index (χ1v) is 15.1. The molecule has 11 nitrogen and oxygen atoms in total. The summed E-state index contributed by atoms with van der Waals surface area (Å²) in [6.45, 7) is 0.437. The maximum absolute atomic E-state index is 14.7. The van der Waals surface area contributed by atoms with Crippen LogP contribution in [0.1, 0.15) is 56.8 Å². The molecule has 1 aromatic carbocycles. The molecule has 0 radical (unpaired) electrons. The molecule has 2 fully saturated rings. The van der Waals surface area contributed by atoms with Crippen LogP contribution in [0.4, 0.5) is 13.2 Å². The summed E-state index contributed by atoms with van der Waals surface area (Å²) in [5.41, 5.74) is -3.48. The number of thiophene rings is 1. The summed E-state index contributed by atoms with van der Waals surface area (Å²) in [6.07, 6.45) is 3.64. The number of aromatic nitrogens is 3. The van der Waals surface area contributed by atoms with Gasteiger partial charge in [0.1, 0.15) is 34.3 Å². The highest BCUT2D eigenvalue weighted by Gasteiger charge is 2.39. The summed E-state index contributed by atoms with van der Waals surface area (Å²) in [6, 6.07) is 3.04. The number of benzene rings is 1. The quantitative estimate of drug-likeness (QED) is 0.246. The summed E-state index contributed by atoms with van der Waals surface area (Å²) in [4.78, 5) is 45.1. The van der Waals surface area contributed by atoms with Crippen LogP contribution in [-0.2, 0) is 26.4 Å². The average molecular weight is 650 g/mol. The van der Waals surface area contributed by atoms with Gasteiger partial charge in [0, 0.05) is 5.56 Å². The SMILES string of the molecule is Cc1c(-c2ncco2)sc2c1c(=O)n(C(C)(C)C(=O)O)c(=O)n2C[C@H](OC1C[C@H]2CC[C@@H](C1)O2)c1cc(F)ccc1OC(F)F. The van der Waals surface area contributed by atoms with Gasteiger partial charge in [0.25, 0.3) is 5.56 Å². The van der Waals surface area contributed by atoms with Crippen molar-refractivity contribution in [1.82, 2.24) is 14.1 Å². The van der Waals surface area contributed by atoms with Crippen molar-refractivity contribution in [3.05, 3.63) is 68.4 Å². The second-order valence-electron chi connectivity index (χ2n) is 11.7. The predicted molar refractivity (Wildman–Crippen MR) is 155 cm³/mol. The minimum absolute atomic E-state index is 0.0493. The fraction of sp³-hybridized carbons (Fsp3) is 0.467. The third-order valence-corrected chi connectivity index (χ3v) is 9.71. The Kier molecular flexibility index (Phi) is 8.12. The van der Waals surface area contributed by atoms with Gasteiger partial charge >= 0.3 is 18.3 Å². The van der Waals surface area contributed by atoms with Gasteiger partial charge in [-0.05, 0) is 70.2 Å². The number of alkyl halides is 2. The van der Waals surface area contributed by atoms with E-state index < -0.39 is 53.9 Å². The number of hydrogen-bond acceptors (Lipinski definition) is 9. The number of carbonyl (C=O) groups is 1. The number of hydrogen-bond donors (Lipinski definition) is 1. The third kappa shape index (κ3) is 5.68. The second kappa shape index (κ2) is 11.8. The van der Waals surface area contributed by atoms with E-state index in [9.17, 15) is 32.7 Å². The Morgan fingerprint density at radius 3 is 2.56 bits per heavy atom. The van der Waals surface area contributed by atoms with Crippen molar-refractivity contribution in [2.24, 2.45) is 0 Å². The molecule has 15 heteroatoms. The molecule has 6 rings (SSSR count). The molecule has 2 bridgehead atoms. The number of ether oxygens (including phenoxy) is 3. The Bertz CT molecular complexity index is 1850. The van der Waals surface area contributed by atoms with Crippen LogP contribution in [0.25, 0.3) is 21.0 Å². The van der Waals surface area contributed by atoms with Crippen LogP contribution in [0.5, 0.6) is 5.75 Å². The van der Waals surface area contributed by atoms with Crippen LogP contribution in [-0.4, -0.2) is 50.1 Å². The molecule has 2 aliphatic rings. The van der Waals surface area contributed by atoms with E-state index in [1.54, 1.807) is 6.92 Å². The van der Waals surface area contributed by atoms with Crippen molar-refractivity contribution in [1.29, 1.82) is 0 Å². The van der Waals surface area contributed by atoms with Crippen molar-refractivity contribution >= 4 is 27.5 Å². The van der Waals surface area contributed by atoms with Crippen LogP contribution in [0.3, 0.4) is 0 Å². The maximum Gasteiger partial charge on any atom is 0.387 e. The molecule has 4 aromatic rings. The topological polar surface area (TPSA) is 135 Å². The van der Waals surface area contributed by atoms with Gasteiger partial charge in [-0.1, -0.05) is 0 Å². The highest BCUT2D eigenvalue weighted by Crippen LogP contribution is 2.40. The molecule has 2 aliphatic heterocycles. The fourth-order valence-electron chi connectivity index (χ4n) is 6.14. The highest BCUT2D eigenvalue weighted by molar-refractivity contribution is 7.22. The minimum Gasteiger partial charge on any atom is -0.480 e. The number of aliphatic carboxylic acids is 1. The van der Waals surface area contributed by atoms with Crippen LogP contribution >= 0.6 is 11.3 Å². The minimum atomic E-state index is -3.23. The number of nitrogens with zero attached hydrogens (tertiary/aromatic N) is 3. The van der Waals surface area contributed by atoms with Gasteiger partial charge in [-0.15, -0.1) is 11.3 Å². The monoisotopic (exact) mass is 649 g/mol. The average Bonchev–Trinajstić information content (AvgIpc) is 3.70. The smallest absolute Gasteiger partial charge is 0.387 e. The molecule has 5 heterocycles. The van der Waals surface area contributed by atoms with Crippen molar-refractivity contribution in [2.45, 2.75) is 89.6 Å². The molecule has 3 aromatic heterocycles. The molecular formula is C30H30F3N3O8S. The number of carboxylic acids is 1. The lowest BCUT2D eigenvalue weighted by molar-refractivity contribution is -0.146. The zero-order valence-electron chi connectivity index (χ0n) is 24.5. The predicted octanol–water partition coefficient (Wildman–Crippen LogP) is 5.22. The van der Waals surface area contributed by atoms with Crippen LogP contribution < -0.4 is 16.0 Å². The zero-order valence-corrected chi connectivity index (χ0v) is 25.3. The van der Waals surface area contributed by atoms with E-state index in [0.29, 0.717) is 27.8 Å². The summed E-state index contributed by atoms with van der Waals surface area (Å²) in [5, 5.41) is 10.1. The molecule has 4 atom stereocenters. The first kappa shape index (κ1) is 31.0. The first-order valence-electron chi connectivity index (χ1n) is 14.3. The number of fused-ring (bicyclic) bond motifs is 3. The summed E-state index contributed by atoms with van der Waals surface area (Å²) < 4.78 is 66.1. The third-order valence-electron chi connectivity index (χ3n) is 8.41. The number of rotatable bonds is 10. The first-order chi connectivity index (χ1) is 21.3. The second-order valence-corrected chi connectivity index (χ2v) is 12.7. The van der Waals surface area contributed by atoms with Gasteiger partial charge in [0.2, 0.25) is 5.89 Å². The van der Waals surface area contributed by atoms with E-state index in [4.69, 9.17) is 18.6 Å². The highest BCUT2D eigenvalue weighted by atomic mass is 32.1. The van der Waals surface area contributed by atoms with Gasteiger partial charge in [0.05, 0.1) is 41.3 Å². The Labute approximate surface area is 257 Å². The molecule has 240 valence electrons. The fourth-order valence-corrected chi connectivity index (χ4v) is 7.39. The standard InChI is InChI=1S/C30H30F3N3O8S/c1-14-22-25(37)36(30(2,3)27(38)39)29(40)35(26(22)45-23(14)24-34-8-9-41-24)13-21(43-18-11-16-5-6-17(12-18)42-16)19-10-15(31)4-7-20(19)44-28(32)33/h4,7-10,16-18,21,28H,5-6,11-13H2,1-3H3,(H,38,39)/t16-,17+,18?,21-/m0/s1. The van der Waals surface area contributed by atoms with Gasteiger partial charge in [-0.25, -0.2) is 23.5 Å². The Balaban J connectivity index is 1.57. The van der Waals surface area contributed by atoms with E-state index in [0.717, 1.165) is 42.4 Å². The Morgan fingerprint density at radius 2 is 1.93 bits per heavy atom. The largest absolute Gasteiger partial charge is 0.480 e. The van der Waals surface area contributed by atoms with Gasteiger partial charge < -0.3 is 23.7 Å². The number of aryl methyl sites for hydroxylation is 1. The molecule has 0 saturated carbocycles. The van der Waals surface area contributed by atoms with Crippen molar-refractivity contribution in [3.8, 4) is 16.5 Å². The van der Waals surface area contributed by atoms with Gasteiger partial charge in [0.15, 0.2) is 0 Å². The lowest BCUT2D eigenvalue weighted by Gasteiger charge is -2.33. The molecule has 1 unspecified atom stereocenters. The summed E-state index contributed by atoms with van der Waals surface area (Å²) >= 11 is 1.02. The van der Waals surface area contributed by atoms with E-state index in [1.807, 2.05) is 0 Å². The van der Waals surface area contributed by atoms with E-state index in [-0.39, 0.29) is 39.6 Å². The number of oxazole rings is 1. The van der Waals surface area contributed by atoms with E-state index >= 15 is 0 Å². The van der Waals surface area contributed by atoms with Crippen molar-refractivity contribution < 1.29 is 41.7 Å². The van der Waals surface area contributed by atoms with Crippen LogP contribution in [0.2, 0.25) is 0 Å². The molecule has 2 saturated heterocycles. The van der Waals surface area contributed by atoms with Gasteiger partial charge in [-0.3, -0.25) is 9.36 Å². The number of carboxylic acid groups (broad SMARTS) is 1. The molecule has 0 amide bonds. The zero-order chi connectivity index (χ0) is 32.2. The summed E-state index contributed by atoms with van der Waals surface area (Å²) in [7, 11) is 0. The Morgan fingerprint density at radius 1 is 1.22 bits per heavy atom.